The number of hydrogen-bond acceptors (Lipinski definition) is 3. The molecule has 0 spiro atoms. The van der Waals surface area contributed by atoms with Crippen molar-refractivity contribution in [3.63, 3.8) is 0 Å². The van der Waals surface area contributed by atoms with E-state index in [1.165, 1.54) is 12.8 Å². The van der Waals surface area contributed by atoms with Crippen molar-refractivity contribution in [2.45, 2.75) is 31.8 Å². The Bertz CT molecular complexity index is 363. The van der Waals surface area contributed by atoms with Gasteiger partial charge >= 0.3 is 0 Å². The third-order valence-corrected chi connectivity index (χ3v) is 2.50. The predicted molar refractivity (Wildman–Crippen MR) is 53.5 cm³/mol. The van der Waals surface area contributed by atoms with Gasteiger partial charge in [-0.1, -0.05) is 0 Å². The molecule has 1 aliphatic rings. The zero-order valence-corrected chi connectivity index (χ0v) is 8.20. The lowest BCUT2D eigenvalue weighted by molar-refractivity contribution is 0.621. The van der Waals surface area contributed by atoms with E-state index in [2.05, 4.69) is 16.4 Å². The van der Waals surface area contributed by atoms with Crippen LogP contribution in [0.4, 0.5) is 0 Å². The van der Waals surface area contributed by atoms with Gasteiger partial charge in [0.15, 0.2) is 0 Å². The number of nitriles is 1. The summed E-state index contributed by atoms with van der Waals surface area (Å²) in [6.07, 6.45) is 5.91. The van der Waals surface area contributed by atoms with E-state index in [0.717, 1.165) is 11.1 Å². The lowest BCUT2D eigenvalue weighted by Crippen LogP contribution is -2.22. The van der Waals surface area contributed by atoms with Crippen molar-refractivity contribution in [3.8, 4) is 6.07 Å². The van der Waals surface area contributed by atoms with Crippen molar-refractivity contribution in [2.75, 3.05) is 0 Å². The molecule has 1 aliphatic carbocycles. The van der Waals surface area contributed by atoms with Gasteiger partial charge in [0.1, 0.15) is 6.04 Å². The molecule has 72 valence electrons. The van der Waals surface area contributed by atoms with Gasteiger partial charge in [-0.2, -0.15) is 5.26 Å². The van der Waals surface area contributed by atoms with Crippen molar-refractivity contribution < 1.29 is 0 Å². The Morgan fingerprint density at radius 3 is 3.00 bits per heavy atom. The molecule has 0 saturated heterocycles. The largest absolute Gasteiger partial charge is 0.295 e. The first-order chi connectivity index (χ1) is 6.81. The highest BCUT2D eigenvalue weighted by Gasteiger charge is 2.25. The summed E-state index contributed by atoms with van der Waals surface area (Å²) in [6.45, 7) is 2.01. The van der Waals surface area contributed by atoms with Crippen LogP contribution in [0.1, 0.15) is 30.0 Å². The van der Waals surface area contributed by atoms with Crippen LogP contribution >= 0.6 is 0 Å². The van der Waals surface area contributed by atoms with Crippen molar-refractivity contribution in [2.24, 2.45) is 0 Å². The molecular weight excluding hydrogens is 174 g/mol. The molecule has 0 aromatic carbocycles. The molecule has 14 heavy (non-hydrogen) atoms. The summed E-state index contributed by atoms with van der Waals surface area (Å²) in [6, 6.07) is 4.56. The molecule has 1 unspecified atom stereocenters. The molecule has 0 bridgehead atoms. The first-order valence-corrected chi connectivity index (χ1v) is 4.87. The van der Waals surface area contributed by atoms with Gasteiger partial charge in [-0.25, -0.2) is 0 Å². The molecule has 2 rings (SSSR count). The first kappa shape index (κ1) is 9.17. The Labute approximate surface area is 83.8 Å². The minimum Gasteiger partial charge on any atom is -0.295 e. The molecule has 3 nitrogen and oxygen atoms in total. The second-order valence-electron chi connectivity index (χ2n) is 3.74. The van der Waals surface area contributed by atoms with Gasteiger partial charge in [-0.3, -0.25) is 10.3 Å². The van der Waals surface area contributed by atoms with Crippen LogP contribution in [0.2, 0.25) is 0 Å². The lowest BCUT2D eigenvalue weighted by Gasteiger charge is -2.12. The van der Waals surface area contributed by atoms with Crippen molar-refractivity contribution in [3.05, 3.63) is 29.6 Å². The minimum atomic E-state index is -0.198. The van der Waals surface area contributed by atoms with E-state index >= 15 is 0 Å². The Kier molecular flexibility index (Phi) is 2.47. The third-order valence-electron chi connectivity index (χ3n) is 2.50. The monoisotopic (exact) mass is 187 g/mol. The fourth-order valence-corrected chi connectivity index (χ4v) is 1.46. The standard InChI is InChI=1S/C11H13N3/c1-8-4-5-13-7-10(8)11(6-12)14-9-2-3-9/h4-5,7,9,11,14H,2-3H2,1H3. The van der Waals surface area contributed by atoms with Gasteiger partial charge in [0, 0.05) is 24.0 Å². The fourth-order valence-electron chi connectivity index (χ4n) is 1.46. The van der Waals surface area contributed by atoms with E-state index in [1.54, 1.807) is 12.4 Å². The molecule has 1 atom stereocenters. The SMILES string of the molecule is Cc1ccncc1C(C#N)NC1CC1. The highest BCUT2D eigenvalue weighted by atomic mass is 15.0. The maximum Gasteiger partial charge on any atom is 0.123 e. The van der Waals surface area contributed by atoms with Gasteiger partial charge in [0.2, 0.25) is 0 Å². The normalized spacial score (nSPS) is 17.4. The second-order valence-corrected chi connectivity index (χ2v) is 3.74. The van der Waals surface area contributed by atoms with Crippen molar-refractivity contribution >= 4 is 0 Å². The molecule has 1 heterocycles. The molecule has 1 N–H and O–H groups in total. The van der Waals surface area contributed by atoms with Crippen LogP contribution in [0.25, 0.3) is 0 Å². The molecule has 1 fully saturated rings. The number of nitrogens with zero attached hydrogens (tertiary/aromatic N) is 2. The van der Waals surface area contributed by atoms with E-state index in [-0.39, 0.29) is 6.04 Å². The Morgan fingerprint density at radius 2 is 2.43 bits per heavy atom. The predicted octanol–water partition coefficient (Wildman–Crippen LogP) is 1.71. The van der Waals surface area contributed by atoms with E-state index in [9.17, 15) is 0 Å². The maximum absolute atomic E-state index is 9.04. The highest BCUT2D eigenvalue weighted by Crippen LogP contribution is 2.24. The van der Waals surface area contributed by atoms with Crippen LogP contribution in [0.3, 0.4) is 0 Å². The van der Waals surface area contributed by atoms with Crippen LogP contribution < -0.4 is 5.32 Å². The molecule has 3 heteroatoms. The second kappa shape index (κ2) is 3.77. The molecule has 0 aliphatic heterocycles. The number of aromatic nitrogens is 1. The fraction of sp³-hybridized carbons (Fsp3) is 0.455. The minimum absolute atomic E-state index is 0.198. The Balaban J connectivity index is 2.18. The number of rotatable bonds is 3. The zero-order chi connectivity index (χ0) is 9.97. The number of aryl methyl sites for hydroxylation is 1. The van der Waals surface area contributed by atoms with Crippen molar-refractivity contribution in [1.82, 2.24) is 10.3 Å². The summed E-state index contributed by atoms with van der Waals surface area (Å²) < 4.78 is 0. The van der Waals surface area contributed by atoms with Crippen LogP contribution in [-0.2, 0) is 0 Å². The van der Waals surface area contributed by atoms with Crippen LogP contribution in [-0.4, -0.2) is 11.0 Å². The van der Waals surface area contributed by atoms with Crippen LogP contribution in [0.5, 0.6) is 0 Å². The van der Waals surface area contributed by atoms with E-state index in [0.29, 0.717) is 6.04 Å². The van der Waals surface area contributed by atoms with Crippen molar-refractivity contribution in [1.29, 1.82) is 5.26 Å². The Hall–Kier alpha value is -1.40. The summed E-state index contributed by atoms with van der Waals surface area (Å²) >= 11 is 0. The summed E-state index contributed by atoms with van der Waals surface area (Å²) in [5.41, 5.74) is 2.13. The summed E-state index contributed by atoms with van der Waals surface area (Å²) in [5, 5.41) is 12.3. The molecule has 1 saturated carbocycles. The van der Waals surface area contributed by atoms with E-state index in [1.807, 2.05) is 13.0 Å². The summed E-state index contributed by atoms with van der Waals surface area (Å²) in [4.78, 5) is 4.05. The molecule has 0 amide bonds. The number of nitrogens with one attached hydrogen (secondary N) is 1. The number of pyridine rings is 1. The van der Waals surface area contributed by atoms with Gasteiger partial charge < -0.3 is 0 Å². The first-order valence-electron chi connectivity index (χ1n) is 4.87. The average molecular weight is 187 g/mol. The average Bonchev–Trinajstić information content (AvgIpc) is 2.99. The smallest absolute Gasteiger partial charge is 0.123 e. The third kappa shape index (κ3) is 1.91. The van der Waals surface area contributed by atoms with Gasteiger partial charge in [-0.15, -0.1) is 0 Å². The molecular formula is C11H13N3. The topological polar surface area (TPSA) is 48.7 Å². The quantitative estimate of drug-likeness (QED) is 0.783. The van der Waals surface area contributed by atoms with Crippen LogP contribution in [0.15, 0.2) is 18.5 Å². The maximum atomic E-state index is 9.04. The molecule has 1 aromatic rings. The van der Waals surface area contributed by atoms with E-state index in [4.69, 9.17) is 5.26 Å². The summed E-state index contributed by atoms with van der Waals surface area (Å²) in [5.74, 6) is 0. The van der Waals surface area contributed by atoms with Gasteiger partial charge in [0.25, 0.3) is 0 Å². The van der Waals surface area contributed by atoms with Gasteiger partial charge in [-0.05, 0) is 31.4 Å². The summed E-state index contributed by atoms with van der Waals surface area (Å²) in [7, 11) is 0. The lowest BCUT2D eigenvalue weighted by atomic mass is 10.1. The van der Waals surface area contributed by atoms with Crippen LogP contribution in [0, 0.1) is 18.3 Å². The molecule has 1 aromatic heterocycles. The van der Waals surface area contributed by atoms with E-state index < -0.39 is 0 Å². The number of hydrogen-bond donors (Lipinski definition) is 1. The highest BCUT2D eigenvalue weighted by molar-refractivity contribution is 5.29. The zero-order valence-electron chi connectivity index (χ0n) is 8.20. The molecule has 0 radical (unpaired) electrons. The van der Waals surface area contributed by atoms with Gasteiger partial charge in [0.05, 0.1) is 6.07 Å². The Morgan fingerprint density at radius 1 is 1.64 bits per heavy atom.